The van der Waals surface area contributed by atoms with Crippen molar-refractivity contribution in [3.63, 3.8) is 0 Å². The smallest absolute Gasteiger partial charge is 0.262 e. The maximum atomic E-state index is 12.9. The van der Waals surface area contributed by atoms with Gasteiger partial charge in [0.25, 0.3) is 5.56 Å². The third-order valence-corrected chi connectivity index (χ3v) is 6.47. The van der Waals surface area contributed by atoms with Crippen molar-refractivity contribution in [1.29, 1.82) is 0 Å². The highest BCUT2D eigenvalue weighted by Gasteiger charge is 2.28. The summed E-state index contributed by atoms with van der Waals surface area (Å²) >= 11 is 0. The molecule has 2 N–H and O–H groups in total. The van der Waals surface area contributed by atoms with Crippen LogP contribution in [0.4, 0.5) is 0 Å². The largest absolute Gasteiger partial charge is 0.317 e. The molecule has 0 spiro atoms. The van der Waals surface area contributed by atoms with Gasteiger partial charge in [0.1, 0.15) is 11.2 Å². The normalized spacial score (nSPS) is 19.1. The lowest BCUT2D eigenvalue weighted by molar-refractivity contribution is 0.125. The molecule has 2 aliphatic heterocycles. The number of H-pyrrole nitrogens is 1. The fraction of sp³-hybridized carbons (Fsp3) is 0.500. The Kier molecular flexibility index (Phi) is 6.22. The summed E-state index contributed by atoms with van der Waals surface area (Å²) in [4.78, 5) is 23.5. The first-order chi connectivity index (χ1) is 14.2. The zero-order chi connectivity index (χ0) is 19.8. The second-order valence-electron chi connectivity index (χ2n) is 8.27. The summed E-state index contributed by atoms with van der Waals surface area (Å²) in [6.45, 7) is 6.27. The van der Waals surface area contributed by atoms with Crippen LogP contribution in [0.1, 0.15) is 43.1 Å². The summed E-state index contributed by atoms with van der Waals surface area (Å²) in [6, 6.07) is 10.6. The molecule has 30 heavy (non-hydrogen) atoms. The summed E-state index contributed by atoms with van der Waals surface area (Å²) < 4.78 is 1.80. The number of para-hydroxylation sites is 1. The molecule has 2 fully saturated rings. The van der Waals surface area contributed by atoms with Crippen molar-refractivity contribution in [2.24, 2.45) is 0 Å². The van der Waals surface area contributed by atoms with Crippen LogP contribution in [-0.2, 0) is 0 Å². The Balaban J connectivity index is 0.00000218. The number of hydrogen-bond donors (Lipinski definition) is 2. The van der Waals surface area contributed by atoms with Gasteiger partial charge < -0.3 is 15.2 Å². The van der Waals surface area contributed by atoms with Crippen molar-refractivity contribution in [3.05, 3.63) is 52.2 Å². The fourth-order valence-corrected chi connectivity index (χ4v) is 4.86. The number of piperidine rings is 2. The lowest BCUT2D eigenvalue weighted by Gasteiger charge is -2.39. The Morgan fingerprint density at radius 1 is 1.03 bits per heavy atom. The molecule has 2 aromatic heterocycles. The van der Waals surface area contributed by atoms with E-state index in [9.17, 15) is 4.79 Å². The molecule has 5 rings (SSSR count). The zero-order valence-corrected chi connectivity index (χ0v) is 18.1. The molecule has 0 radical (unpaired) electrons. The molecule has 4 heterocycles. The van der Waals surface area contributed by atoms with Gasteiger partial charge in [0.15, 0.2) is 5.65 Å². The Labute approximate surface area is 182 Å². The Bertz CT molecular complexity index is 1050. The molecule has 0 atom stereocenters. The summed E-state index contributed by atoms with van der Waals surface area (Å²) in [6.07, 6.45) is 4.55. The minimum Gasteiger partial charge on any atom is -0.317 e. The molecule has 3 aromatic rings. The number of nitrogens with one attached hydrogen (secondary N) is 2. The molecule has 2 aliphatic rings. The van der Waals surface area contributed by atoms with Gasteiger partial charge in [-0.15, -0.1) is 12.4 Å². The second kappa shape index (κ2) is 8.88. The first-order valence-electron chi connectivity index (χ1n) is 10.7. The lowest BCUT2D eigenvalue weighted by atomic mass is 9.93. The number of likely N-dealkylation sites (tertiary alicyclic amines) is 1. The van der Waals surface area contributed by atoms with Gasteiger partial charge in [-0.05, 0) is 70.9 Å². The van der Waals surface area contributed by atoms with Crippen molar-refractivity contribution >= 4 is 23.4 Å². The highest BCUT2D eigenvalue weighted by molar-refractivity contribution is 5.85. The van der Waals surface area contributed by atoms with Gasteiger partial charge in [-0.2, -0.15) is 5.10 Å². The standard InChI is InChI=1S/C22H28N6O.ClH/c1-15-19-21(28(26-15)18-5-3-2-4-6-18)24-20(25-22(19)29)16-9-13-27(14-10-16)17-7-11-23-12-8-17;/h2-6,16-17,23H,7-14H2,1H3,(H,24,25,29);1H. The number of nitrogens with zero attached hydrogens (tertiary/aromatic N) is 4. The van der Waals surface area contributed by atoms with E-state index in [-0.39, 0.29) is 18.0 Å². The molecule has 0 aliphatic carbocycles. The molecule has 8 heteroatoms. The number of benzene rings is 1. The number of halogens is 1. The van der Waals surface area contributed by atoms with Crippen molar-refractivity contribution in [3.8, 4) is 5.69 Å². The van der Waals surface area contributed by atoms with E-state index in [0.717, 1.165) is 50.5 Å². The number of aromatic nitrogens is 4. The van der Waals surface area contributed by atoms with Crippen molar-refractivity contribution in [1.82, 2.24) is 30.0 Å². The quantitative estimate of drug-likeness (QED) is 0.670. The van der Waals surface area contributed by atoms with Gasteiger partial charge in [-0.1, -0.05) is 18.2 Å². The van der Waals surface area contributed by atoms with Crippen LogP contribution < -0.4 is 10.9 Å². The van der Waals surface area contributed by atoms with E-state index in [1.165, 1.54) is 12.8 Å². The van der Waals surface area contributed by atoms with Crippen molar-refractivity contribution < 1.29 is 0 Å². The van der Waals surface area contributed by atoms with Crippen molar-refractivity contribution in [2.45, 2.75) is 44.6 Å². The molecule has 0 bridgehead atoms. The maximum absolute atomic E-state index is 12.9. The van der Waals surface area contributed by atoms with Gasteiger partial charge in [0, 0.05) is 12.0 Å². The van der Waals surface area contributed by atoms with E-state index in [4.69, 9.17) is 4.98 Å². The van der Waals surface area contributed by atoms with Gasteiger partial charge in [0.05, 0.1) is 11.4 Å². The van der Waals surface area contributed by atoms with E-state index < -0.39 is 0 Å². The number of aromatic amines is 1. The minimum absolute atomic E-state index is 0. The first kappa shape index (κ1) is 21.0. The van der Waals surface area contributed by atoms with Crippen LogP contribution in [0, 0.1) is 6.92 Å². The van der Waals surface area contributed by atoms with Crippen LogP contribution in [0.15, 0.2) is 35.1 Å². The van der Waals surface area contributed by atoms with E-state index in [1.807, 2.05) is 37.3 Å². The Morgan fingerprint density at radius 2 is 1.73 bits per heavy atom. The molecule has 2 saturated heterocycles. The topological polar surface area (TPSA) is 78.8 Å². The van der Waals surface area contributed by atoms with Crippen LogP contribution in [0.3, 0.4) is 0 Å². The minimum atomic E-state index is -0.0783. The van der Waals surface area contributed by atoms with Crippen LogP contribution >= 0.6 is 12.4 Å². The van der Waals surface area contributed by atoms with Gasteiger partial charge in [0.2, 0.25) is 0 Å². The number of hydrogen-bond acceptors (Lipinski definition) is 5. The molecular weight excluding hydrogens is 400 g/mol. The number of aryl methyl sites for hydroxylation is 1. The Morgan fingerprint density at radius 3 is 2.43 bits per heavy atom. The third kappa shape index (κ3) is 3.89. The van der Waals surface area contributed by atoms with E-state index in [2.05, 4.69) is 20.3 Å². The monoisotopic (exact) mass is 428 g/mol. The third-order valence-electron chi connectivity index (χ3n) is 6.47. The van der Waals surface area contributed by atoms with Gasteiger partial charge >= 0.3 is 0 Å². The highest BCUT2D eigenvalue weighted by Crippen LogP contribution is 2.29. The summed E-state index contributed by atoms with van der Waals surface area (Å²) in [5.74, 6) is 1.11. The highest BCUT2D eigenvalue weighted by atomic mass is 35.5. The summed E-state index contributed by atoms with van der Waals surface area (Å²) in [5, 5.41) is 8.64. The lowest BCUT2D eigenvalue weighted by Crippen LogP contribution is -2.46. The maximum Gasteiger partial charge on any atom is 0.262 e. The van der Waals surface area contributed by atoms with Crippen molar-refractivity contribution in [2.75, 3.05) is 26.2 Å². The average Bonchev–Trinajstić information content (AvgIpc) is 3.12. The van der Waals surface area contributed by atoms with E-state index >= 15 is 0 Å². The number of fused-ring (bicyclic) bond motifs is 1. The van der Waals surface area contributed by atoms with Gasteiger partial charge in [-0.3, -0.25) is 4.79 Å². The molecule has 1 aromatic carbocycles. The predicted molar refractivity (Wildman–Crippen MR) is 121 cm³/mol. The fourth-order valence-electron chi connectivity index (χ4n) is 4.86. The van der Waals surface area contributed by atoms with Crippen LogP contribution in [0.25, 0.3) is 16.7 Å². The molecule has 160 valence electrons. The first-order valence-corrected chi connectivity index (χ1v) is 10.7. The summed E-state index contributed by atoms with van der Waals surface area (Å²) in [7, 11) is 0. The molecule has 0 amide bonds. The molecular formula is C22H29ClN6O. The molecule has 7 nitrogen and oxygen atoms in total. The molecule has 0 unspecified atom stereocenters. The summed E-state index contributed by atoms with van der Waals surface area (Å²) in [5.41, 5.74) is 2.22. The van der Waals surface area contributed by atoms with Crippen LogP contribution in [-0.4, -0.2) is 56.9 Å². The predicted octanol–water partition coefficient (Wildman–Crippen LogP) is 2.77. The molecule has 0 saturated carbocycles. The Hall–Kier alpha value is -2.22. The van der Waals surface area contributed by atoms with Crippen LogP contribution in [0.2, 0.25) is 0 Å². The van der Waals surface area contributed by atoms with E-state index in [1.54, 1.807) is 4.68 Å². The van der Waals surface area contributed by atoms with Crippen LogP contribution in [0.5, 0.6) is 0 Å². The van der Waals surface area contributed by atoms with Gasteiger partial charge in [-0.25, -0.2) is 9.67 Å². The van der Waals surface area contributed by atoms with E-state index in [0.29, 0.717) is 28.7 Å². The SMILES string of the molecule is Cc1nn(-c2ccccc2)c2nc(C3CCN(C4CCNCC4)CC3)[nH]c(=O)c12.Cl. The number of rotatable bonds is 3. The second-order valence-corrected chi connectivity index (χ2v) is 8.27. The average molecular weight is 429 g/mol. The zero-order valence-electron chi connectivity index (χ0n) is 17.3.